The molecule has 2 aromatic heterocycles. The highest BCUT2D eigenvalue weighted by atomic mass is 79.9. The van der Waals surface area contributed by atoms with Gasteiger partial charge >= 0.3 is 0 Å². The van der Waals surface area contributed by atoms with Crippen molar-refractivity contribution in [2.75, 3.05) is 6.54 Å². The number of imidazole rings is 1. The molecule has 2 rings (SSSR count). The second-order valence-electron chi connectivity index (χ2n) is 3.17. The van der Waals surface area contributed by atoms with Crippen LogP contribution in [0.2, 0.25) is 0 Å². The van der Waals surface area contributed by atoms with Gasteiger partial charge in [-0.3, -0.25) is 4.79 Å². The Balaban J connectivity index is 2.69. The molecule has 0 unspecified atom stereocenters. The molecule has 0 aliphatic rings. The van der Waals surface area contributed by atoms with Crippen LogP contribution in [0.4, 0.5) is 0 Å². The fourth-order valence-corrected chi connectivity index (χ4v) is 1.88. The monoisotopic (exact) mass is 267 g/mol. The van der Waals surface area contributed by atoms with E-state index in [2.05, 4.69) is 20.9 Å². The van der Waals surface area contributed by atoms with Crippen molar-refractivity contribution < 1.29 is 4.79 Å². The molecule has 0 bridgehead atoms. The van der Waals surface area contributed by atoms with Crippen LogP contribution in [-0.2, 0) is 6.42 Å². The van der Waals surface area contributed by atoms with Gasteiger partial charge in [-0.05, 0) is 34.6 Å². The van der Waals surface area contributed by atoms with Gasteiger partial charge in [-0.25, -0.2) is 4.98 Å². The number of fused-ring (bicyclic) bond motifs is 1. The first-order valence-electron chi connectivity index (χ1n) is 4.58. The first-order chi connectivity index (χ1) is 7.26. The molecule has 0 fully saturated rings. The minimum absolute atomic E-state index is 0.464. The van der Waals surface area contributed by atoms with Crippen LogP contribution >= 0.6 is 15.9 Å². The second kappa shape index (κ2) is 4.12. The number of aromatic nitrogens is 2. The molecule has 0 aliphatic heterocycles. The topological polar surface area (TPSA) is 60.4 Å². The lowest BCUT2D eigenvalue weighted by molar-refractivity contribution is 0.112. The number of aldehydes is 1. The molecule has 4 nitrogen and oxygen atoms in total. The summed E-state index contributed by atoms with van der Waals surface area (Å²) in [6.45, 7) is 0.518. The van der Waals surface area contributed by atoms with Crippen molar-refractivity contribution in [3.05, 3.63) is 34.3 Å². The maximum atomic E-state index is 10.8. The van der Waals surface area contributed by atoms with Crippen molar-refractivity contribution in [3.8, 4) is 0 Å². The van der Waals surface area contributed by atoms with Crippen LogP contribution in [0.5, 0.6) is 0 Å². The van der Waals surface area contributed by atoms with Crippen molar-refractivity contribution >= 4 is 27.7 Å². The molecule has 0 radical (unpaired) electrons. The van der Waals surface area contributed by atoms with Crippen molar-refractivity contribution in [1.29, 1.82) is 0 Å². The van der Waals surface area contributed by atoms with Gasteiger partial charge in [0.1, 0.15) is 11.5 Å². The molecule has 15 heavy (non-hydrogen) atoms. The van der Waals surface area contributed by atoms with Crippen LogP contribution in [0.1, 0.15) is 16.3 Å². The smallest absolute Gasteiger partial charge is 0.170 e. The van der Waals surface area contributed by atoms with E-state index in [0.717, 1.165) is 22.1 Å². The van der Waals surface area contributed by atoms with Crippen LogP contribution in [0, 0.1) is 0 Å². The summed E-state index contributed by atoms with van der Waals surface area (Å²) in [5.41, 5.74) is 6.77. The van der Waals surface area contributed by atoms with Gasteiger partial charge in [0.2, 0.25) is 0 Å². The van der Waals surface area contributed by atoms with Crippen LogP contribution in [0.25, 0.3) is 5.52 Å². The number of carbonyl (C=O) groups is 1. The third kappa shape index (κ3) is 1.80. The van der Waals surface area contributed by atoms with E-state index < -0.39 is 0 Å². The molecule has 2 N–H and O–H groups in total. The highest BCUT2D eigenvalue weighted by molar-refractivity contribution is 9.10. The number of carbonyl (C=O) groups excluding carboxylic acids is 1. The molecular formula is C10H10BrN3O. The number of pyridine rings is 1. The Labute approximate surface area is 95.2 Å². The lowest BCUT2D eigenvalue weighted by Crippen LogP contribution is -2.06. The van der Waals surface area contributed by atoms with E-state index in [1.54, 1.807) is 0 Å². The van der Waals surface area contributed by atoms with E-state index in [-0.39, 0.29) is 0 Å². The summed E-state index contributed by atoms with van der Waals surface area (Å²) in [6, 6.07) is 3.75. The van der Waals surface area contributed by atoms with Gasteiger partial charge in [0.05, 0.1) is 5.52 Å². The zero-order valence-electron chi connectivity index (χ0n) is 7.98. The number of rotatable bonds is 3. The maximum Gasteiger partial charge on any atom is 0.170 e. The molecular weight excluding hydrogens is 258 g/mol. The zero-order valence-corrected chi connectivity index (χ0v) is 9.57. The van der Waals surface area contributed by atoms with E-state index in [9.17, 15) is 4.79 Å². The molecule has 2 heterocycles. The summed E-state index contributed by atoms with van der Waals surface area (Å²) in [7, 11) is 0. The Morgan fingerprint density at radius 3 is 3.00 bits per heavy atom. The Bertz CT molecular complexity index is 507. The quantitative estimate of drug-likeness (QED) is 0.856. The number of nitrogens with zero attached hydrogens (tertiary/aromatic N) is 2. The SMILES string of the molecule is NCCc1nc(C=O)c2ccc(Br)cn12. The first-order valence-corrected chi connectivity index (χ1v) is 5.37. The molecule has 0 amide bonds. The fraction of sp³-hybridized carbons (Fsp3) is 0.200. The summed E-state index contributed by atoms with van der Waals surface area (Å²) in [4.78, 5) is 15.0. The Morgan fingerprint density at radius 1 is 1.53 bits per heavy atom. The molecule has 0 aliphatic carbocycles. The average Bonchev–Trinajstić information content (AvgIpc) is 2.57. The largest absolute Gasteiger partial charge is 0.330 e. The van der Waals surface area contributed by atoms with Gasteiger partial charge < -0.3 is 10.1 Å². The number of hydrogen-bond donors (Lipinski definition) is 1. The average molecular weight is 268 g/mol. The molecule has 0 saturated carbocycles. The van der Waals surface area contributed by atoms with Crippen molar-refractivity contribution in [1.82, 2.24) is 9.38 Å². The predicted molar refractivity (Wildman–Crippen MR) is 61.0 cm³/mol. The van der Waals surface area contributed by atoms with E-state index in [1.165, 1.54) is 0 Å². The number of hydrogen-bond acceptors (Lipinski definition) is 3. The molecule has 5 heteroatoms. The van der Waals surface area contributed by atoms with Crippen molar-refractivity contribution in [3.63, 3.8) is 0 Å². The predicted octanol–water partition coefficient (Wildman–Crippen LogP) is 1.41. The third-order valence-electron chi connectivity index (χ3n) is 2.18. The standard InChI is InChI=1S/C10H10BrN3O/c11-7-1-2-9-8(6-15)13-10(3-4-12)14(9)5-7/h1-2,5-6H,3-4,12H2. The van der Waals surface area contributed by atoms with Gasteiger partial charge in [0.25, 0.3) is 0 Å². The van der Waals surface area contributed by atoms with Gasteiger partial charge in [-0.15, -0.1) is 0 Å². The Hall–Kier alpha value is -1.20. The normalized spacial score (nSPS) is 10.8. The highest BCUT2D eigenvalue weighted by Crippen LogP contribution is 2.16. The van der Waals surface area contributed by atoms with E-state index in [1.807, 2.05) is 22.7 Å². The van der Waals surface area contributed by atoms with Gasteiger partial charge in [0.15, 0.2) is 6.29 Å². The molecule has 0 atom stereocenters. The van der Waals surface area contributed by atoms with Crippen LogP contribution in [0.3, 0.4) is 0 Å². The molecule has 0 saturated heterocycles. The number of halogens is 1. The Kier molecular flexibility index (Phi) is 2.83. The van der Waals surface area contributed by atoms with Gasteiger partial charge in [0, 0.05) is 17.1 Å². The maximum absolute atomic E-state index is 10.8. The van der Waals surface area contributed by atoms with Gasteiger partial charge in [-0.2, -0.15) is 0 Å². The lowest BCUT2D eigenvalue weighted by atomic mass is 10.3. The molecule has 0 aromatic carbocycles. The van der Waals surface area contributed by atoms with Crippen molar-refractivity contribution in [2.24, 2.45) is 5.73 Å². The van der Waals surface area contributed by atoms with Crippen LogP contribution < -0.4 is 5.73 Å². The summed E-state index contributed by atoms with van der Waals surface area (Å²) >= 11 is 3.38. The van der Waals surface area contributed by atoms with Crippen LogP contribution in [-0.4, -0.2) is 22.2 Å². The van der Waals surface area contributed by atoms with Crippen LogP contribution in [0.15, 0.2) is 22.8 Å². The summed E-state index contributed by atoms with van der Waals surface area (Å²) < 4.78 is 2.84. The summed E-state index contributed by atoms with van der Waals surface area (Å²) in [5.74, 6) is 0.816. The molecule has 0 spiro atoms. The minimum Gasteiger partial charge on any atom is -0.330 e. The third-order valence-corrected chi connectivity index (χ3v) is 2.65. The lowest BCUT2D eigenvalue weighted by Gasteiger charge is -1.99. The highest BCUT2D eigenvalue weighted by Gasteiger charge is 2.09. The zero-order chi connectivity index (χ0) is 10.8. The fourth-order valence-electron chi connectivity index (χ4n) is 1.54. The molecule has 78 valence electrons. The minimum atomic E-state index is 0.464. The first kappa shape index (κ1) is 10.3. The second-order valence-corrected chi connectivity index (χ2v) is 4.09. The van der Waals surface area contributed by atoms with E-state index >= 15 is 0 Å². The Morgan fingerprint density at radius 2 is 2.33 bits per heavy atom. The van der Waals surface area contributed by atoms with Gasteiger partial charge in [-0.1, -0.05) is 0 Å². The summed E-state index contributed by atoms with van der Waals surface area (Å²) in [5, 5.41) is 0. The molecule has 2 aromatic rings. The van der Waals surface area contributed by atoms with E-state index in [4.69, 9.17) is 5.73 Å². The number of nitrogens with two attached hydrogens (primary N) is 1. The van der Waals surface area contributed by atoms with Crippen molar-refractivity contribution in [2.45, 2.75) is 6.42 Å². The summed E-state index contributed by atoms with van der Waals surface area (Å²) in [6.07, 6.45) is 3.31. The van der Waals surface area contributed by atoms with E-state index in [0.29, 0.717) is 18.7 Å².